The molecule has 0 aliphatic carbocycles. The SMILES string of the molecule is C1=Cc2nc1ccc1sc(nc1-c1ccccc1)c1nc(ccc3sc2nc3-c2ccccc2)C=C1. The highest BCUT2D eigenvalue weighted by Crippen LogP contribution is 2.34. The average Bonchev–Trinajstić information content (AvgIpc) is 3.72. The van der Waals surface area contributed by atoms with Gasteiger partial charge in [0.15, 0.2) is 0 Å². The minimum absolute atomic E-state index is 0.880. The molecule has 0 unspecified atom stereocenters. The fourth-order valence-electron chi connectivity index (χ4n) is 4.22. The van der Waals surface area contributed by atoms with Crippen LogP contribution in [-0.2, 0) is 0 Å². The van der Waals surface area contributed by atoms with Crippen molar-refractivity contribution >= 4 is 66.0 Å². The second-order valence-electron chi connectivity index (χ2n) is 8.37. The third-order valence-electron chi connectivity index (χ3n) is 5.97. The summed E-state index contributed by atoms with van der Waals surface area (Å²) in [5.41, 5.74) is 7.64. The van der Waals surface area contributed by atoms with Gasteiger partial charge in [-0.2, -0.15) is 0 Å². The lowest BCUT2D eigenvalue weighted by Gasteiger charge is -1.95. The maximum atomic E-state index is 4.99. The van der Waals surface area contributed by atoms with Crippen LogP contribution < -0.4 is 0 Å². The van der Waals surface area contributed by atoms with E-state index in [1.165, 1.54) is 0 Å². The summed E-state index contributed by atoms with van der Waals surface area (Å²) in [4.78, 5) is 21.5. The van der Waals surface area contributed by atoms with Crippen LogP contribution in [0.15, 0.2) is 84.9 Å². The minimum atomic E-state index is 0.880. The van der Waals surface area contributed by atoms with Gasteiger partial charge in [0.25, 0.3) is 0 Å². The smallest absolute Gasteiger partial charge is 0.143 e. The molecule has 0 amide bonds. The molecular formula is C30H18N4S2. The summed E-state index contributed by atoms with van der Waals surface area (Å²) in [7, 11) is 0. The van der Waals surface area contributed by atoms with Gasteiger partial charge < -0.3 is 0 Å². The van der Waals surface area contributed by atoms with Gasteiger partial charge in [-0.05, 0) is 48.6 Å². The van der Waals surface area contributed by atoms with Crippen molar-refractivity contribution in [1.29, 1.82) is 0 Å². The van der Waals surface area contributed by atoms with Crippen molar-refractivity contribution in [2.45, 2.75) is 0 Å². The van der Waals surface area contributed by atoms with Crippen molar-refractivity contribution in [2.75, 3.05) is 0 Å². The molecule has 5 aromatic rings. The highest BCUT2D eigenvalue weighted by Gasteiger charge is 2.12. The molecular weight excluding hydrogens is 480 g/mol. The van der Waals surface area contributed by atoms with E-state index in [1.807, 2.05) is 60.7 Å². The van der Waals surface area contributed by atoms with E-state index in [1.54, 1.807) is 22.7 Å². The van der Waals surface area contributed by atoms with Crippen LogP contribution in [0.2, 0.25) is 0 Å². The van der Waals surface area contributed by atoms with Crippen molar-refractivity contribution in [1.82, 2.24) is 19.9 Å². The quantitative estimate of drug-likeness (QED) is 0.241. The molecule has 4 nitrogen and oxygen atoms in total. The number of nitrogens with zero attached hydrogens (tertiary/aromatic N) is 4. The zero-order chi connectivity index (χ0) is 23.9. The molecule has 2 aliphatic rings. The summed E-state index contributed by atoms with van der Waals surface area (Å²) < 4.78 is 2.16. The second-order valence-corrected chi connectivity index (χ2v) is 10.4. The molecule has 0 saturated carbocycles. The molecule has 0 saturated heterocycles. The van der Waals surface area contributed by atoms with Gasteiger partial charge in [-0.25, -0.2) is 19.9 Å². The predicted octanol–water partition coefficient (Wildman–Crippen LogP) is 8.25. The third kappa shape index (κ3) is 3.86. The zero-order valence-corrected chi connectivity index (χ0v) is 20.6. The van der Waals surface area contributed by atoms with Gasteiger partial charge in [0.2, 0.25) is 0 Å². The van der Waals surface area contributed by atoms with Crippen molar-refractivity contribution in [3.05, 3.63) is 108 Å². The Labute approximate surface area is 215 Å². The Morgan fingerprint density at radius 2 is 0.861 bits per heavy atom. The van der Waals surface area contributed by atoms with Crippen molar-refractivity contribution in [3.63, 3.8) is 0 Å². The first-order valence-corrected chi connectivity index (χ1v) is 13.2. The van der Waals surface area contributed by atoms with Gasteiger partial charge in [0, 0.05) is 11.1 Å². The summed E-state index contributed by atoms with van der Waals surface area (Å²) in [6.07, 6.45) is 8.16. The fraction of sp³-hybridized carbons (Fsp3) is 0. The molecule has 6 heteroatoms. The number of hydrogen-bond acceptors (Lipinski definition) is 6. The Hall–Kier alpha value is -4.26. The lowest BCUT2D eigenvalue weighted by Crippen LogP contribution is -1.79. The van der Waals surface area contributed by atoms with E-state index in [2.05, 4.69) is 48.5 Å². The third-order valence-corrected chi connectivity index (χ3v) is 8.06. The van der Waals surface area contributed by atoms with E-state index >= 15 is 0 Å². The monoisotopic (exact) mass is 498 g/mol. The standard InChI is InChI=1S/C30H18N4S2/c1-3-7-19(8-4-1)27-25-17-13-21-12-16-24(32-21)30-34-28(20-9-5-2-6-10-20)26(36-30)18-14-22-11-15-23(31-22)29(33-27)35-25/h1-18H. The normalized spacial score (nSPS) is 12.2. The average molecular weight is 499 g/mol. The molecule has 8 bridgehead atoms. The maximum absolute atomic E-state index is 4.99. The van der Waals surface area contributed by atoms with Crippen LogP contribution in [0.25, 0.3) is 65.9 Å². The molecule has 0 atom stereocenters. The fourth-order valence-corrected chi connectivity index (χ4v) is 6.14. The Morgan fingerprint density at radius 3 is 1.31 bits per heavy atom. The van der Waals surface area contributed by atoms with Crippen LogP contribution in [-0.4, -0.2) is 19.9 Å². The number of thiazole rings is 2. The Balaban J connectivity index is 1.52. The lowest BCUT2D eigenvalue weighted by atomic mass is 10.1. The topological polar surface area (TPSA) is 51.6 Å². The van der Waals surface area contributed by atoms with Crippen molar-refractivity contribution in [3.8, 4) is 22.5 Å². The number of fused-ring (bicyclic) bond motifs is 10. The van der Waals surface area contributed by atoms with E-state index in [0.29, 0.717) is 0 Å². The van der Waals surface area contributed by atoms with E-state index in [0.717, 1.165) is 64.4 Å². The van der Waals surface area contributed by atoms with Crippen LogP contribution in [0.3, 0.4) is 0 Å². The van der Waals surface area contributed by atoms with Crippen molar-refractivity contribution in [2.24, 2.45) is 0 Å². The van der Waals surface area contributed by atoms with E-state index < -0.39 is 0 Å². The largest absolute Gasteiger partial charge is 0.246 e. The van der Waals surface area contributed by atoms with E-state index in [9.17, 15) is 0 Å². The van der Waals surface area contributed by atoms with Gasteiger partial charge in [0.05, 0.1) is 43.6 Å². The Bertz CT molecular complexity index is 1690. The lowest BCUT2D eigenvalue weighted by molar-refractivity contribution is 1.32. The molecule has 2 aliphatic heterocycles. The van der Waals surface area contributed by atoms with Gasteiger partial charge >= 0.3 is 0 Å². The molecule has 0 radical (unpaired) electrons. The molecule has 3 aromatic heterocycles. The summed E-state index contributed by atoms with van der Waals surface area (Å²) >= 11 is 3.29. The number of aromatic nitrogens is 4. The van der Waals surface area contributed by atoms with Gasteiger partial charge in [-0.3, -0.25) is 0 Å². The first kappa shape index (κ1) is 21.1. The molecule has 36 heavy (non-hydrogen) atoms. The van der Waals surface area contributed by atoms with E-state index in [4.69, 9.17) is 19.9 Å². The van der Waals surface area contributed by atoms with Crippen LogP contribution >= 0.6 is 22.7 Å². The van der Waals surface area contributed by atoms with Gasteiger partial charge in [0.1, 0.15) is 9.66 Å². The molecule has 0 fully saturated rings. The molecule has 7 rings (SSSR count). The number of hydrogen-bond donors (Lipinski definition) is 0. The number of benzene rings is 2. The Morgan fingerprint density at radius 1 is 0.417 bits per heavy atom. The first-order valence-electron chi connectivity index (χ1n) is 11.6. The van der Waals surface area contributed by atoms with Crippen molar-refractivity contribution < 1.29 is 0 Å². The molecule has 170 valence electrons. The number of rotatable bonds is 2. The molecule has 5 heterocycles. The van der Waals surface area contributed by atoms with Gasteiger partial charge in [-0.1, -0.05) is 60.7 Å². The molecule has 0 N–H and O–H groups in total. The summed E-state index contributed by atoms with van der Waals surface area (Å²) in [5.74, 6) is 0. The zero-order valence-electron chi connectivity index (χ0n) is 19.0. The summed E-state index contributed by atoms with van der Waals surface area (Å²) in [6, 6.07) is 28.9. The summed E-state index contributed by atoms with van der Waals surface area (Å²) in [6.45, 7) is 0. The van der Waals surface area contributed by atoms with Crippen LogP contribution in [0.5, 0.6) is 0 Å². The highest BCUT2D eigenvalue weighted by atomic mass is 32.1. The van der Waals surface area contributed by atoms with E-state index in [-0.39, 0.29) is 0 Å². The van der Waals surface area contributed by atoms with Gasteiger partial charge in [-0.15, -0.1) is 22.7 Å². The highest BCUT2D eigenvalue weighted by molar-refractivity contribution is 7.24. The molecule has 0 spiro atoms. The minimum Gasteiger partial charge on any atom is -0.246 e. The Kier molecular flexibility index (Phi) is 5.12. The first-order chi connectivity index (χ1) is 17.8. The predicted molar refractivity (Wildman–Crippen MR) is 152 cm³/mol. The maximum Gasteiger partial charge on any atom is 0.143 e. The second kappa shape index (κ2) is 8.75. The van der Waals surface area contributed by atoms with Crippen LogP contribution in [0.1, 0.15) is 22.8 Å². The molecule has 2 aromatic carbocycles. The summed E-state index contributed by atoms with van der Waals surface area (Å²) in [5, 5.41) is 0. The van der Waals surface area contributed by atoms with Crippen LogP contribution in [0.4, 0.5) is 0 Å². The van der Waals surface area contributed by atoms with Crippen LogP contribution in [0, 0.1) is 0 Å².